The largest absolute Gasteiger partial charge is 0.484 e. The van der Waals surface area contributed by atoms with Crippen LogP contribution in [0.5, 0.6) is 11.6 Å². The highest BCUT2D eigenvalue weighted by Crippen LogP contribution is 2.30. The Morgan fingerprint density at radius 3 is 2.42 bits per heavy atom. The van der Waals surface area contributed by atoms with E-state index in [9.17, 15) is 27.2 Å². The first-order valence-corrected chi connectivity index (χ1v) is 9.80. The van der Waals surface area contributed by atoms with Crippen molar-refractivity contribution in [3.8, 4) is 17.3 Å². The Morgan fingerprint density at radius 1 is 1.09 bits per heavy atom. The van der Waals surface area contributed by atoms with Gasteiger partial charge in [0.15, 0.2) is 5.82 Å². The molecule has 0 amide bonds. The fourth-order valence-corrected chi connectivity index (χ4v) is 3.15. The minimum atomic E-state index is -4.95. The van der Waals surface area contributed by atoms with Crippen LogP contribution in [0, 0.1) is 12.7 Å². The second-order valence-corrected chi connectivity index (χ2v) is 7.17. The fraction of sp³-hybridized carbons (Fsp3) is 0.300. The third-order valence-corrected chi connectivity index (χ3v) is 4.67. The third-order valence-electron chi connectivity index (χ3n) is 4.38. The van der Waals surface area contributed by atoms with E-state index in [0.717, 1.165) is 19.2 Å². The Morgan fingerprint density at radius 2 is 1.79 bits per heavy atom. The smallest absolute Gasteiger partial charge is 0.431 e. The zero-order chi connectivity index (χ0) is 24.5. The molecule has 2 aromatic heterocycles. The van der Waals surface area contributed by atoms with Gasteiger partial charge in [-0.25, -0.2) is 18.7 Å². The quantitative estimate of drug-likeness (QED) is 0.494. The number of nitrogens with zero attached hydrogens (tertiary/aromatic N) is 4. The zero-order valence-electron chi connectivity index (χ0n) is 17.5. The van der Waals surface area contributed by atoms with Crippen molar-refractivity contribution in [1.29, 1.82) is 0 Å². The topological polar surface area (TPSA) is 88.2 Å². The van der Waals surface area contributed by atoms with E-state index in [1.807, 2.05) is 0 Å². The molecule has 0 atom stereocenters. The van der Waals surface area contributed by atoms with E-state index in [0.29, 0.717) is 18.2 Å². The van der Waals surface area contributed by atoms with Gasteiger partial charge in [0.05, 0.1) is 17.3 Å². The second-order valence-electron chi connectivity index (χ2n) is 6.76. The van der Waals surface area contributed by atoms with Crippen LogP contribution in [-0.2, 0) is 19.8 Å². The van der Waals surface area contributed by atoms with Crippen LogP contribution in [0.4, 0.5) is 17.6 Å². The molecular formula is C20H17ClF4N4O4. The summed E-state index contributed by atoms with van der Waals surface area (Å²) in [5.41, 5.74) is -4.28. The van der Waals surface area contributed by atoms with Crippen LogP contribution in [0.1, 0.15) is 24.1 Å². The van der Waals surface area contributed by atoms with Crippen LogP contribution in [-0.4, -0.2) is 25.7 Å². The lowest BCUT2D eigenvalue weighted by molar-refractivity contribution is -0.144. The minimum absolute atomic E-state index is 0.148. The monoisotopic (exact) mass is 488 g/mol. The highest BCUT2D eigenvalue weighted by atomic mass is 35.5. The number of aromatic nitrogens is 4. The standard InChI is InChI=1S/C20H17ClF4N4O4/c1-4-32-17-5-10(2)26-16(27-17)9-33-14-7-13(12(22)6-11(14)21)29-18(30)8-15(20(23,24)25)28(3)19(29)31/h5-8H,4,9H2,1-3H3. The third kappa shape index (κ3) is 5.16. The molecule has 0 N–H and O–H groups in total. The lowest BCUT2D eigenvalue weighted by atomic mass is 10.2. The molecule has 1 aromatic carbocycles. The van der Waals surface area contributed by atoms with Crippen molar-refractivity contribution in [2.24, 2.45) is 7.05 Å². The lowest BCUT2D eigenvalue weighted by Gasteiger charge is -2.15. The molecule has 0 aliphatic carbocycles. The van der Waals surface area contributed by atoms with Crippen molar-refractivity contribution in [3.05, 3.63) is 73.2 Å². The summed E-state index contributed by atoms with van der Waals surface area (Å²) < 4.78 is 65.1. The van der Waals surface area contributed by atoms with Crippen molar-refractivity contribution in [2.75, 3.05) is 6.61 Å². The van der Waals surface area contributed by atoms with Gasteiger partial charge in [0.1, 0.15) is 23.9 Å². The minimum Gasteiger partial charge on any atom is -0.484 e. The molecule has 0 aliphatic heterocycles. The normalized spacial score (nSPS) is 11.5. The summed E-state index contributed by atoms with van der Waals surface area (Å²) in [5.74, 6) is -0.737. The van der Waals surface area contributed by atoms with Crippen molar-refractivity contribution >= 4 is 11.6 Å². The summed E-state index contributed by atoms with van der Waals surface area (Å²) in [6.07, 6.45) is -4.95. The van der Waals surface area contributed by atoms with Gasteiger partial charge in [0, 0.05) is 30.9 Å². The Kier molecular flexibility index (Phi) is 6.77. The highest BCUT2D eigenvalue weighted by Gasteiger charge is 2.35. The molecule has 3 rings (SSSR count). The number of alkyl halides is 3. The van der Waals surface area contributed by atoms with Crippen molar-refractivity contribution in [1.82, 2.24) is 19.1 Å². The van der Waals surface area contributed by atoms with Gasteiger partial charge in [0.2, 0.25) is 5.88 Å². The van der Waals surface area contributed by atoms with Crippen molar-refractivity contribution in [2.45, 2.75) is 26.6 Å². The predicted octanol–water partition coefficient (Wildman–Crippen LogP) is 3.42. The first-order chi connectivity index (χ1) is 15.4. The molecule has 33 heavy (non-hydrogen) atoms. The molecular weight excluding hydrogens is 472 g/mol. The molecule has 0 unspecified atom stereocenters. The van der Waals surface area contributed by atoms with Gasteiger partial charge >= 0.3 is 11.9 Å². The highest BCUT2D eigenvalue weighted by molar-refractivity contribution is 6.32. The molecule has 0 bridgehead atoms. The van der Waals surface area contributed by atoms with E-state index in [2.05, 4.69) is 9.97 Å². The number of hydrogen-bond acceptors (Lipinski definition) is 6. The van der Waals surface area contributed by atoms with E-state index < -0.39 is 34.6 Å². The summed E-state index contributed by atoms with van der Waals surface area (Å²) in [5, 5.41) is -0.203. The summed E-state index contributed by atoms with van der Waals surface area (Å²) in [6.45, 7) is 3.64. The van der Waals surface area contributed by atoms with Crippen LogP contribution in [0.25, 0.3) is 5.69 Å². The summed E-state index contributed by atoms with van der Waals surface area (Å²) in [7, 11) is 0.817. The van der Waals surface area contributed by atoms with Gasteiger partial charge in [-0.05, 0) is 19.9 Å². The summed E-state index contributed by atoms with van der Waals surface area (Å²) in [6, 6.07) is 3.53. The van der Waals surface area contributed by atoms with Crippen LogP contribution in [0.2, 0.25) is 5.02 Å². The number of hydrogen-bond donors (Lipinski definition) is 0. The van der Waals surface area contributed by atoms with Crippen LogP contribution in [0.15, 0.2) is 33.9 Å². The molecule has 0 radical (unpaired) electrons. The molecule has 0 fully saturated rings. The van der Waals surface area contributed by atoms with E-state index in [-0.39, 0.29) is 38.4 Å². The number of benzene rings is 1. The predicted molar refractivity (Wildman–Crippen MR) is 110 cm³/mol. The van der Waals surface area contributed by atoms with Crippen LogP contribution < -0.4 is 20.7 Å². The average molecular weight is 489 g/mol. The summed E-state index contributed by atoms with van der Waals surface area (Å²) in [4.78, 5) is 33.1. The van der Waals surface area contributed by atoms with E-state index >= 15 is 0 Å². The molecule has 2 heterocycles. The number of ether oxygens (including phenoxy) is 2. The Balaban J connectivity index is 2.02. The SMILES string of the molecule is CCOc1cc(C)nc(COc2cc(-n3c(=O)cc(C(F)(F)F)n(C)c3=O)c(F)cc2Cl)n1. The van der Waals surface area contributed by atoms with Gasteiger partial charge < -0.3 is 9.47 Å². The molecule has 8 nitrogen and oxygen atoms in total. The Bertz CT molecular complexity index is 1320. The molecule has 0 saturated heterocycles. The van der Waals surface area contributed by atoms with Gasteiger partial charge in [-0.3, -0.25) is 9.36 Å². The van der Waals surface area contributed by atoms with Gasteiger partial charge in [0.25, 0.3) is 5.56 Å². The van der Waals surface area contributed by atoms with Crippen molar-refractivity contribution < 1.29 is 27.0 Å². The van der Waals surface area contributed by atoms with Gasteiger partial charge in [-0.1, -0.05) is 11.6 Å². The maximum atomic E-state index is 14.6. The summed E-state index contributed by atoms with van der Waals surface area (Å²) >= 11 is 6.01. The van der Waals surface area contributed by atoms with E-state index in [4.69, 9.17) is 21.1 Å². The second kappa shape index (κ2) is 9.22. The first-order valence-electron chi connectivity index (χ1n) is 9.42. The van der Waals surface area contributed by atoms with Crippen LogP contribution >= 0.6 is 11.6 Å². The van der Waals surface area contributed by atoms with E-state index in [1.165, 1.54) is 0 Å². The van der Waals surface area contributed by atoms with Crippen LogP contribution in [0.3, 0.4) is 0 Å². The lowest BCUT2D eigenvalue weighted by Crippen LogP contribution is -2.41. The average Bonchev–Trinajstić information content (AvgIpc) is 2.70. The van der Waals surface area contributed by atoms with Gasteiger partial charge in [-0.15, -0.1) is 0 Å². The Labute approximate surface area is 189 Å². The first kappa shape index (κ1) is 24.2. The molecule has 3 aromatic rings. The molecule has 0 aliphatic rings. The fourth-order valence-electron chi connectivity index (χ4n) is 2.95. The van der Waals surface area contributed by atoms with E-state index in [1.54, 1.807) is 19.9 Å². The number of halogens is 5. The molecule has 176 valence electrons. The Hall–Kier alpha value is -3.41. The zero-order valence-corrected chi connectivity index (χ0v) is 18.3. The number of rotatable bonds is 6. The number of aryl methyl sites for hydroxylation is 1. The maximum Gasteiger partial charge on any atom is 0.431 e. The van der Waals surface area contributed by atoms with Gasteiger partial charge in [-0.2, -0.15) is 18.2 Å². The maximum absolute atomic E-state index is 14.6. The molecule has 13 heteroatoms. The van der Waals surface area contributed by atoms with Crippen molar-refractivity contribution in [3.63, 3.8) is 0 Å². The molecule has 0 saturated carbocycles. The molecule has 0 spiro atoms.